The number of halogens is 2. The number of likely N-dealkylation sites (tertiary alicyclic amines) is 1. The van der Waals surface area contributed by atoms with E-state index in [2.05, 4.69) is 14.8 Å². The van der Waals surface area contributed by atoms with E-state index in [0.29, 0.717) is 31.8 Å². The topological polar surface area (TPSA) is 44.7 Å². The van der Waals surface area contributed by atoms with E-state index in [1.54, 1.807) is 0 Å². The third-order valence-corrected chi connectivity index (χ3v) is 7.16. The maximum Gasteiger partial charge on any atom is 0.166 e. The van der Waals surface area contributed by atoms with Crippen LogP contribution in [0.4, 0.5) is 0 Å². The molecule has 7 heteroatoms. The smallest absolute Gasteiger partial charge is 0.166 e. The fourth-order valence-electron chi connectivity index (χ4n) is 3.77. The molecule has 1 aliphatic carbocycles. The van der Waals surface area contributed by atoms with Crippen LogP contribution < -0.4 is 4.83 Å². The molecule has 2 aliphatic rings. The lowest BCUT2D eigenvalue weighted by atomic mass is 9.94. The van der Waals surface area contributed by atoms with Crippen molar-refractivity contribution in [1.29, 1.82) is 0 Å². The second-order valence-electron chi connectivity index (χ2n) is 7.73. The van der Waals surface area contributed by atoms with Crippen LogP contribution in [0.25, 0.3) is 0 Å². The number of nitrogens with one attached hydrogen (secondary N) is 1. The minimum Gasteiger partial charge on any atom is -0.354 e. The standard InChI is InChI=1S/C21H23Cl2N3OS/c1-15-6-8-16(9-7-15)28(27)25-24-20(19-17(22)4-2-5-18(19)23)26-13-3-10-21(14-26)11-12-21/h2,4-9,25H,3,10-14H2,1H3/b24-20-. The van der Waals surface area contributed by atoms with Crippen molar-refractivity contribution in [2.75, 3.05) is 13.1 Å². The van der Waals surface area contributed by atoms with Crippen LogP contribution in [-0.4, -0.2) is 28.0 Å². The Morgan fingerprint density at radius 1 is 1.11 bits per heavy atom. The van der Waals surface area contributed by atoms with Crippen LogP contribution in [0.2, 0.25) is 10.0 Å². The largest absolute Gasteiger partial charge is 0.354 e. The van der Waals surface area contributed by atoms with Gasteiger partial charge in [0.1, 0.15) is 0 Å². The Balaban J connectivity index is 1.65. The highest BCUT2D eigenvalue weighted by Crippen LogP contribution is 2.52. The van der Waals surface area contributed by atoms with Gasteiger partial charge < -0.3 is 4.90 Å². The maximum absolute atomic E-state index is 12.7. The Morgan fingerprint density at radius 3 is 2.43 bits per heavy atom. The molecule has 0 bridgehead atoms. The van der Waals surface area contributed by atoms with Crippen LogP contribution in [0.1, 0.15) is 36.8 Å². The van der Waals surface area contributed by atoms with Gasteiger partial charge in [0.15, 0.2) is 16.8 Å². The molecule has 0 aromatic heterocycles. The summed E-state index contributed by atoms with van der Waals surface area (Å²) in [6.45, 7) is 3.83. The van der Waals surface area contributed by atoms with Gasteiger partial charge in [0.2, 0.25) is 0 Å². The third-order valence-electron chi connectivity index (χ3n) is 5.57. The highest BCUT2D eigenvalue weighted by molar-refractivity contribution is 7.83. The van der Waals surface area contributed by atoms with E-state index >= 15 is 0 Å². The molecule has 2 aromatic rings. The van der Waals surface area contributed by atoms with Crippen molar-refractivity contribution in [2.24, 2.45) is 10.5 Å². The molecule has 1 saturated heterocycles. The van der Waals surface area contributed by atoms with Crippen LogP contribution in [0.5, 0.6) is 0 Å². The van der Waals surface area contributed by atoms with Gasteiger partial charge in [-0.25, -0.2) is 9.04 Å². The first kappa shape index (κ1) is 19.7. The average molecular weight is 436 g/mol. The highest BCUT2D eigenvalue weighted by atomic mass is 35.5. The van der Waals surface area contributed by atoms with Gasteiger partial charge in [-0.05, 0) is 62.3 Å². The number of hydrazone groups is 1. The van der Waals surface area contributed by atoms with Crippen molar-refractivity contribution in [3.8, 4) is 0 Å². The summed E-state index contributed by atoms with van der Waals surface area (Å²) in [7, 11) is -1.46. The molecule has 28 heavy (non-hydrogen) atoms. The van der Waals surface area contributed by atoms with Crippen molar-refractivity contribution < 1.29 is 4.21 Å². The molecule has 1 atom stereocenters. The number of nitrogens with zero attached hydrogens (tertiary/aromatic N) is 2. The molecule has 1 N–H and O–H groups in total. The lowest BCUT2D eigenvalue weighted by Gasteiger charge is -2.35. The fraction of sp³-hybridized carbons (Fsp3) is 0.381. The van der Waals surface area contributed by atoms with Gasteiger partial charge in [-0.15, -0.1) is 5.10 Å². The van der Waals surface area contributed by atoms with Crippen molar-refractivity contribution in [2.45, 2.75) is 37.5 Å². The molecular formula is C21H23Cl2N3OS. The first-order valence-corrected chi connectivity index (χ1v) is 11.4. The second kappa shape index (κ2) is 8.05. The zero-order valence-corrected chi connectivity index (χ0v) is 18.1. The van der Waals surface area contributed by atoms with Crippen LogP contribution in [0.15, 0.2) is 52.5 Å². The third kappa shape index (κ3) is 4.22. The molecule has 1 heterocycles. The molecule has 1 spiro atoms. The number of aryl methyl sites for hydroxylation is 1. The normalized spacial score (nSPS) is 19.5. The number of benzene rings is 2. The molecule has 1 saturated carbocycles. The summed E-state index contributed by atoms with van der Waals surface area (Å²) in [6.07, 6.45) is 4.89. The van der Waals surface area contributed by atoms with Crippen LogP contribution in [0.3, 0.4) is 0 Å². The minimum atomic E-state index is -1.46. The average Bonchev–Trinajstić information content (AvgIpc) is 3.42. The molecular weight excluding hydrogens is 413 g/mol. The fourth-order valence-corrected chi connectivity index (χ4v) is 4.99. The van der Waals surface area contributed by atoms with Gasteiger partial charge in [-0.2, -0.15) is 0 Å². The number of hydrogen-bond acceptors (Lipinski definition) is 2. The molecule has 148 valence electrons. The maximum atomic E-state index is 12.7. The van der Waals surface area contributed by atoms with Gasteiger partial charge in [0.25, 0.3) is 0 Å². The van der Waals surface area contributed by atoms with Gasteiger partial charge in [0, 0.05) is 13.1 Å². The predicted molar refractivity (Wildman–Crippen MR) is 116 cm³/mol. The molecule has 4 nitrogen and oxygen atoms in total. The highest BCUT2D eigenvalue weighted by Gasteiger charge is 2.46. The van der Waals surface area contributed by atoms with Gasteiger partial charge in [-0.3, -0.25) is 0 Å². The summed E-state index contributed by atoms with van der Waals surface area (Å²) >= 11 is 13.0. The molecule has 0 radical (unpaired) electrons. The summed E-state index contributed by atoms with van der Waals surface area (Å²) in [5.41, 5.74) is 2.22. The Hall–Kier alpha value is -1.56. The lowest BCUT2D eigenvalue weighted by molar-refractivity contribution is 0.240. The quantitative estimate of drug-likeness (QED) is 0.409. The van der Waals surface area contributed by atoms with E-state index in [9.17, 15) is 4.21 Å². The minimum absolute atomic E-state index is 0.406. The van der Waals surface area contributed by atoms with Crippen molar-refractivity contribution in [3.63, 3.8) is 0 Å². The van der Waals surface area contributed by atoms with E-state index in [1.807, 2.05) is 49.4 Å². The number of amidine groups is 1. The summed E-state index contributed by atoms with van der Waals surface area (Å²) in [5, 5.41) is 5.65. The lowest BCUT2D eigenvalue weighted by Crippen LogP contribution is -2.42. The molecule has 1 aliphatic heterocycles. The predicted octanol–water partition coefficient (Wildman–Crippen LogP) is 5.15. The van der Waals surface area contributed by atoms with Crippen LogP contribution in [-0.2, 0) is 11.0 Å². The van der Waals surface area contributed by atoms with E-state index in [1.165, 1.54) is 19.3 Å². The van der Waals surface area contributed by atoms with Gasteiger partial charge in [0.05, 0.1) is 20.5 Å². The molecule has 2 aromatic carbocycles. The number of rotatable bonds is 4. The van der Waals surface area contributed by atoms with Gasteiger partial charge >= 0.3 is 0 Å². The SMILES string of the molecule is Cc1ccc(S(=O)N/N=C(/c2c(Cl)cccc2Cl)N2CCCC3(CC3)C2)cc1. The summed E-state index contributed by atoms with van der Waals surface area (Å²) in [6, 6.07) is 13.0. The molecule has 4 rings (SSSR count). The second-order valence-corrected chi connectivity index (χ2v) is 9.74. The van der Waals surface area contributed by atoms with Gasteiger partial charge in [-0.1, -0.05) is 47.0 Å². The Labute approximate surface area is 178 Å². The van der Waals surface area contributed by atoms with E-state index < -0.39 is 11.0 Å². The summed E-state index contributed by atoms with van der Waals surface area (Å²) < 4.78 is 12.7. The Kier molecular flexibility index (Phi) is 5.68. The van der Waals surface area contributed by atoms with Crippen molar-refractivity contribution >= 4 is 40.0 Å². The van der Waals surface area contributed by atoms with E-state index in [-0.39, 0.29) is 0 Å². The number of hydrogen-bond donors (Lipinski definition) is 1. The Morgan fingerprint density at radius 2 is 1.79 bits per heavy atom. The molecule has 2 fully saturated rings. The summed E-state index contributed by atoms with van der Waals surface area (Å²) in [5.74, 6) is 0.669. The monoisotopic (exact) mass is 435 g/mol. The van der Waals surface area contributed by atoms with E-state index in [0.717, 1.165) is 25.1 Å². The first-order chi connectivity index (χ1) is 13.5. The van der Waals surface area contributed by atoms with E-state index in [4.69, 9.17) is 23.2 Å². The van der Waals surface area contributed by atoms with Crippen LogP contribution in [0, 0.1) is 12.3 Å². The van der Waals surface area contributed by atoms with Crippen LogP contribution >= 0.6 is 23.2 Å². The first-order valence-electron chi connectivity index (χ1n) is 9.49. The zero-order chi connectivity index (χ0) is 19.7. The summed E-state index contributed by atoms with van der Waals surface area (Å²) in [4.78, 5) is 5.73. The van der Waals surface area contributed by atoms with Crippen molar-refractivity contribution in [1.82, 2.24) is 9.73 Å². The molecule has 0 amide bonds. The Bertz CT molecular complexity index is 905. The zero-order valence-electron chi connectivity index (χ0n) is 15.8. The molecule has 1 unspecified atom stereocenters. The van der Waals surface area contributed by atoms with Crippen molar-refractivity contribution in [3.05, 3.63) is 63.6 Å². The number of piperidine rings is 1.